The average Bonchev–Trinajstić information content (AvgIpc) is 2.20. The molecule has 1 unspecified atom stereocenters. The third-order valence-electron chi connectivity index (χ3n) is 2.26. The first-order valence-corrected chi connectivity index (χ1v) is 5.15. The Balaban J connectivity index is 2.16. The van der Waals surface area contributed by atoms with Crippen molar-refractivity contribution in [1.82, 2.24) is 10.3 Å². The topological polar surface area (TPSA) is 50.9 Å². The molecule has 1 rings (SSSR count). The lowest BCUT2D eigenvalue weighted by Gasteiger charge is -2.11. The van der Waals surface area contributed by atoms with Crippen LogP contribution in [0.15, 0.2) is 24.5 Å². The highest BCUT2D eigenvalue weighted by atomic mass is 14.9. The van der Waals surface area contributed by atoms with E-state index in [9.17, 15) is 0 Å². The zero-order chi connectivity index (χ0) is 10.2. The van der Waals surface area contributed by atoms with Gasteiger partial charge in [-0.05, 0) is 50.6 Å². The quantitative estimate of drug-likeness (QED) is 0.707. The minimum Gasteiger partial charge on any atom is -0.330 e. The molecule has 0 aliphatic carbocycles. The fraction of sp³-hybridized carbons (Fsp3) is 0.545. The standard InChI is InChI=1S/C11H19N3/c1-10(2-6-12)14-9-5-11-3-7-13-8-4-11/h3-4,7-8,10,14H,2,5-6,9,12H2,1H3. The highest BCUT2D eigenvalue weighted by Crippen LogP contribution is 1.96. The largest absolute Gasteiger partial charge is 0.330 e. The SMILES string of the molecule is CC(CCN)NCCc1ccncc1. The van der Waals surface area contributed by atoms with Gasteiger partial charge in [0.05, 0.1) is 0 Å². The lowest BCUT2D eigenvalue weighted by Crippen LogP contribution is -2.30. The second-order valence-electron chi connectivity index (χ2n) is 3.54. The molecule has 14 heavy (non-hydrogen) atoms. The molecular weight excluding hydrogens is 174 g/mol. The zero-order valence-corrected chi connectivity index (χ0v) is 8.74. The van der Waals surface area contributed by atoms with Crippen molar-refractivity contribution < 1.29 is 0 Å². The number of nitrogens with two attached hydrogens (primary N) is 1. The van der Waals surface area contributed by atoms with Gasteiger partial charge in [0.1, 0.15) is 0 Å². The Hall–Kier alpha value is -0.930. The van der Waals surface area contributed by atoms with Crippen molar-refractivity contribution in [2.45, 2.75) is 25.8 Å². The molecule has 0 aromatic carbocycles. The number of nitrogens with zero attached hydrogens (tertiary/aromatic N) is 1. The van der Waals surface area contributed by atoms with Crippen molar-refractivity contribution in [1.29, 1.82) is 0 Å². The normalized spacial score (nSPS) is 12.7. The molecule has 3 N–H and O–H groups in total. The van der Waals surface area contributed by atoms with Crippen LogP contribution >= 0.6 is 0 Å². The van der Waals surface area contributed by atoms with Gasteiger partial charge in [-0.15, -0.1) is 0 Å². The minimum absolute atomic E-state index is 0.516. The van der Waals surface area contributed by atoms with Gasteiger partial charge in [0, 0.05) is 18.4 Å². The highest BCUT2D eigenvalue weighted by Gasteiger charge is 1.98. The molecule has 78 valence electrons. The van der Waals surface area contributed by atoms with Gasteiger partial charge in [-0.25, -0.2) is 0 Å². The third-order valence-corrected chi connectivity index (χ3v) is 2.26. The van der Waals surface area contributed by atoms with E-state index < -0.39 is 0 Å². The van der Waals surface area contributed by atoms with Crippen LogP contribution in [-0.2, 0) is 6.42 Å². The molecule has 1 aromatic heterocycles. The molecule has 3 nitrogen and oxygen atoms in total. The molecule has 1 aromatic rings. The molecule has 0 saturated heterocycles. The second-order valence-corrected chi connectivity index (χ2v) is 3.54. The molecule has 0 aliphatic rings. The van der Waals surface area contributed by atoms with Gasteiger partial charge in [0.25, 0.3) is 0 Å². The molecule has 3 heteroatoms. The second kappa shape index (κ2) is 6.51. The van der Waals surface area contributed by atoms with E-state index in [1.165, 1.54) is 5.56 Å². The zero-order valence-electron chi connectivity index (χ0n) is 8.74. The van der Waals surface area contributed by atoms with Gasteiger partial charge < -0.3 is 11.1 Å². The Bertz CT molecular complexity index is 236. The van der Waals surface area contributed by atoms with Gasteiger partial charge in [-0.2, -0.15) is 0 Å². The molecule has 1 heterocycles. The van der Waals surface area contributed by atoms with E-state index in [1.807, 2.05) is 12.4 Å². The first kappa shape index (κ1) is 11.1. The molecule has 0 saturated carbocycles. The number of hydrogen-bond acceptors (Lipinski definition) is 3. The average molecular weight is 193 g/mol. The van der Waals surface area contributed by atoms with Crippen LogP contribution in [0.5, 0.6) is 0 Å². The summed E-state index contributed by atoms with van der Waals surface area (Å²) in [6, 6.07) is 4.62. The number of nitrogens with one attached hydrogen (secondary N) is 1. The number of pyridine rings is 1. The van der Waals surface area contributed by atoms with Gasteiger partial charge in [-0.3, -0.25) is 4.98 Å². The molecule has 1 atom stereocenters. The van der Waals surface area contributed by atoms with Crippen molar-refractivity contribution in [2.24, 2.45) is 5.73 Å². The van der Waals surface area contributed by atoms with Crippen LogP contribution in [0.3, 0.4) is 0 Å². The molecule has 0 fully saturated rings. The van der Waals surface area contributed by atoms with E-state index >= 15 is 0 Å². The molecule has 0 spiro atoms. The van der Waals surface area contributed by atoms with Crippen LogP contribution in [0.4, 0.5) is 0 Å². The maximum atomic E-state index is 5.46. The Kier molecular flexibility index (Phi) is 5.19. The summed E-state index contributed by atoms with van der Waals surface area (Å²) in [4.78, 5) is 3.98. The van der Waals surface area contributed by atoms with Crippen LogP contribution in [0, 0.1) is 0 Å². The molecule has 0 aliphatic heterocycles. The van der Waals surface area contributed by atoms with Crippen molar-refractivity contribution in [2.75, 3.05) is 13.1 Å². The summed E-state index contributed by atoms with van der Waals surface area (Å²) in [5, 5.41) is 3.43. The fourth-order valence-electron chi connectivity index (χ4n) is 1.36. The van der Waals surface area contributed by atoms with Crippen LogP contribution in [-0.4, -0.2) is 24.1 Å². The fourth-order valence-corrected chi connectivity index (χ4v) is 1.36. The molecular formula is C11H19N3. The van der Waals surface area contributed by atoms with Crippen LogP contribution < -0.4 is 11.1 Å². The van der Waals surface area contributed by atoms with Crippen LogP contribution in [0.25, 0.3) is 0 Å². The highest BCUT2D eigenvalue weighted by molar-refractivity contribution is 5.09. The maximum Gasteiger partial charge on any atom is 0.0270 e. The first-order valence-electron chi connectivity index (χ1n) is 5.15. The summed E-state index contributed by atoms with van der Waals surface area (Å²) in [7, 11) is 0. The Morgan fingerprint density at radius 1 is 1.43 bits per heavy atom. The smallest absolute Gasteiger partial charge is 0.0270 e. The van der Waals surface area contributed by atoms with Crippen LogP contribution in [0.2, 0.25) is 0 Å². The summed E-state index contributed by atoms with van der Waals surface area (Å²) in [6.07, 6.45) is 5.76. The lowest BCUT2D eigenvalue weighted by atomic mass is 10.2. The predicted molar refractivity (Wildman–Crippen MR) is 59.1 cm³/mol. The maximum absolute atomic E-state index is 5.46. The van der Waals surface area contributed by atoms with Crippen molar-refractivity contribution in [3.63, 3.8) is 0 Å². The Morgan fingerprint density at radius 3 is 2.79 bits per heavy atom. The van der Waals surface area contributed by atoms with Crippen molar-refractivity contribution >= 4 is 0 Å². The summed E-state index contributed by atoms with van der Waals surface area (Å²) in [6.45, 7) is 3.92. The van der Waals surface area contributed by atoms with Gasteiger partial charge in [-0.1, -0.05) is 0 Å². The number of aromatic nitrogens is 1. The molecule has 0 radical (unpaired) electrons. The summed E-state index contributed by atoms with van der Waals surface area (Å²) in [5.74, 6) is 0. The number of rotatable bonds is 6. The number of hydrogen-bond donors (Lipinski definition) is 2. The Labute approximate surface area is 85.7 Å². The molecule has 0 amide bonds. The van der Waals surface area contributed by atoms with Gasteiger partial charge in [0.15, 0.2) is 0 Å². The summed E-state index contributed by atoms with van der Waals surface area (Å²) >= 11 is 0. The van der Waals surface area contributed by atoms with Gasteiger partial charge >= 0.3 is 0 Å². The first-order chi connectivity index (χ1) is 6.83. The van der Waals surface area contributed by atoms with E-state index in [2.05, 4.69) is 29.4 Å². The monoisotopic (exact) mass is 193 g/mol. The van der Waals surface area contributed by atoms with E-state index in [0.717, 1.165) is 25.9 Å². The minimum atomic E-state index is 0.516. The van der Waals surface area contributed by atoms with E-state index in [4.69, 9.17) is 5.73 Å². The van der Waals surface area contributed by atoms with Crippen LogP contribution in [0.1, 0.15) is 18.9 Å². The summed E-state index contributed by atoms with van der Waals surface area (Å²) < 4.78 is 0. The van der Waals surface area contributed by atoms with Crippen molar-refractivity contribution in [3.8, 4) is 0 Å². The third kappa shape index (κ3) is 4.35. The Morgan fingerprint density at radius 2 is 2.14 bits per heavy atom. The van der Waals surface area contributed by atoms with E-state index in [-0.39, 0.29) is 0 Å². The molecule has 0 bridgehead atoms. The lowest BCUT2D eigenvalue weighted by molar-refractivity contribution is 0.523. The summed E-state index contributed by atoms with van der Waals surface area (Å²) in [5.41, 5.74) is 6.79. The van der Waals surface area contributed by atoms with E-state index in [0.29, 0.717) is 6.04 Å². The van der Waals surface area contributed by atoms with Crippen molar-refractivity contribution in [3.05, 3.63) is 30.1 Å². The predicted octanol–water partition coefficient (Wildman–Crippen LogP) is 0.951. The van der Waals surface area contributed by atoms with E-state index in [1.54, 1.807) is 0 Å². The van der Waals surface area contributed by atoms with Gasteiger partial charge in [0.2, 0.25) is 0 Å².